The van der Waals surface area contributed by atoms with Gasteiger partial charge in [0.1, 0.15) is 5.82 Å². The number of halogens is 1. The number of aliphatic hydroxyl groups is 2. The first-order valence-corrected chi connectivity index (χ1v) is 4.79. The van der Waals surface area contributed by atoms with Gasteiger partial charge in [0.2, 0.25) is 0 Å². The highest BCUT2D eigenvalue weighted by Crippen LogP contribution is 2.08. The zero-order valence-corrected chi connectivity index (χ0v) is 9.43. The van der Waals surface area contributed by atoms with Crippen LogP contribution in [0, 0.1) is 5.82 Å². The fourth-order valence-corrected chi connectivity index (χ4v) is 0.835. The molecule has 104 valence electrons. The van der Waals surface area contributed by atoms with Gasteiger partial charge in [0.15, 0.2) is 12.4 Å². The number of hydrogen-bond acceptors (Lipinski definition) is 5. The van der Waals surface area contributed by atoms with E-state index >= 15 is 0 Å². The zero-order chi connectivity index (χ0) is 15.1. The van der Waals surface area contributed by atoms with Crippen molar-refractivity contribution in [2.45, 2.75) is 11.7 Å². The van der Waals surface area contributed by atoms with Crippen molar-refractivity contribution < 1.29 is 39.2 Å². The minimum atomic E-state index is -3.29. The Balaban J connectivity index is 0.000000388. The average molecular weight is 274 g/mol. The summed E-state index contributed by atoms with van der Waals surface area (Å²) in [5.41, 5.74) is -3.29. The summed E-state index contributed by atoms with van der Waals surface area (Å²) < 4.78 is 11.9. The number of carboxylic acids is 2. The number of aldehydes is 1. The zero-order valence-electron chi connectivity index (χ0n) is 9.43. The predicted molar refractivity (Wildman–Crippen MR) is 58.7 cm³/mol. The monoisotopic (exact) mass is 274 g/mol. The van der Waals surface area contributed by atoms with E-state index in [4.69, 9.17) is 20.4 Å². The number of rotatable bonds is 4. The van der Waals surface area contributed by atoms with E-state index in [-0.39, 0.29) is 5.82 Å². The molecule has 0 bridgehead atoms. The van der Waals surface area contributed by atoms with E-state index < -0.39 is 29.9 Å². The SMILES string of the molecule is Fc1ccccc1.O=CC(O)(C(=O)O)C(O)C(=O)O. The third-order valence-corrected chi connectivity index (χ3v) is 1.91. The van der Waals surface area contributed by atoms with E-state index in [1.165, 1.54) is 12.1 Å². The molecule has 8 heteroatoms. The van der Waals surface area contributed by atoms with Gasteiger partial charge in [-0.2, -0.15) is 0 Å². The second-order valence-electron chi connectivity index (χ2n) is 3.28. The maximum atomic E-state index is 11.9. The normalized spacial score (nSPS) is 14.3. The molecule has 0 aliphatic rings. The van der Waals surface area contributed by atoms with Gasteiger partial charge >= 0.3 is 11.9 Å². The lowest BCUT2D eigenvalue weighted by Crippen LogP contribution is -2.54. The molecular formula is C11H11FO7. The number of aliphatic carboxylic acids is 2. The highest BCUT2D eigenvalue weighted by Gasteiger charge is 2.48. The third-order valence-electron chi connectivity index (χ3n) is 1.91. The summed E-state index contributed by atoms with van der Waals surface area (Å²) >= 11 is 0. The lowest BCUT2D eigenvalue weighted by molar-refractivity contribution is -0.182. The Labute approximate surface area is 106 Å². The predicted octanol–water partition coefficient (Wildman–Crippen LogP) is -0.728. The van der Waals surface area contributed by atoms with Gasteiger partial charge in [0, 0.05) is 0 Å². The van der Waals surface area contributed by atoms with Crippen molar-refractivity contribution in [3.05, 3.63) is 36.1 Å². The Morgan fingerprint density at radius 2 is 1.68 bits per heavy atom. The van der Waals surface area contributed by atoms with Crippen LogP contribution in [-0.2, 0) is 14.4 Å². The van der Waals surface area contributed by atoms with Crippen LogP contribution in [-0.4, -0.2) is 50.4 Å². The number of carbonyl (C=O) groups is 3. The van der Waals surface area contributed by atoms with Crippen LogP contribution in [0.25, 0.3) is 0 Å². The Kier molecular flexibility index (Phi) is 6.31. The second-order valence-corrected chi connectivity index (χ2v) is 3.28. The fourth-order valence-electron chi connectivity index (χ4n) is 0.835. The van der Waals surface area contributed by atoms with Crippen molar-refractivity contribution in [1.29, 1.82) is 0 Å². The molecule has 0 fully saturated rings. The molecule has 0 saturated carbocycles. The minimum Gasteiger partial charge on any atom is -0.479 e. The Hall–Kier alpha value is -2.32. The summed E-state index contributed by atoms with van der Waals surface area (Å²) in [7, 11) is 0. The van der Waals surface area contributed by atoms with Crippen LogP contribution in [0.1, 0.15) is 0 Å². The molecule has 1 rings (SSSR count). The molecule has 2 unspecified atom stereocenters. The summed E-state index contributed by atoms with van der Waals surface area (Å²) in [6.45, 7) is 0. The van der Waals surface area contributed by atoms with Crippen LogP contribution in [0.5, 0.6) is 0 Å². The van der Waals surface area contributed by atoms with E-state index in [9.17, 15) is 18.8 Å². The first-order chi connectivity index (χ1) is 8.75. The molecule has 19 heavy (non-hydrogen) atoms. The molecule has 0 aromatic heterocycles. The Morgan fingerprint density at radius 3 is 1.84 bits per heavy atom. The molecule has 1 aromatic rings. The lowest BCUT2D eigenvalue weighted by atomic mass is 9.99. The van der Waals surface area contributed by atoms with Crippen LogP contribution < -0.4 is 0 Å². The van der Waals surface area contributed by atoms with Crippen molar-refractivity contribution in [2.24, 2.45) is 0 Å². The van der Waals surface area contributed by atoms with Crippen LogP contribution >= 0.6 is 0 Å². The molecule has 0 aliphatic heterocycles. The van der Waals surface area contributed by atoms with Crippen LogP contribution in [0.2, 0.25) is 0 Å². The first-order valence-electron chi connectivity index (χ1n) is 4.79. The molecule has 0 heterocycles. The fraction of sp³-hybridized carbons (Fsp3) is 0.182. The largest absolute Gasteiger partial charge is 0.479 e. The summed E-state index contributed by atoms with van der Waals surface area (Å²) in [6.07, 6.45) is -3.22. The van der Waals surface area contributed by atoms with Gasteiger partial charge in [0.05, 0.1) is 0 Å². The van der Waals surface area contributed by atoms with Gasteiger partial charge in [-0.1, -0.05) is 18.2 Å². The molecular weight excluding hydrogens is 263 g/mol. The second kappa shape index (κ2) is 7.19. The van der Waals surface area contributed by atoms with E-state index in [0.717, 1.165) is 0 Å². The van der Waals surface area contributed by atoms with Crippen LogP contribution in [0.15, 0.2) is 30.3 Å². The van der Waals surface area contributed by atoms with E-state index in [2.05, 4.69) is 0 Å². The molecule has 1 aromatic carbocycles. The highest BCUT2D eigenvalue weighted by atomic mass is 19.1. The first kappa shape index (κ1) is 16.7. The standard InChI is InChI=1S/C6H5F.C5H6O7/c7-6-4-2-1-3-5-6;6-1-5(12,4(10)11)2(7)3(8)9/h1-5H;1-2,7,12H,(H,8,9)(H,10,11). The van der Waals surface area contributed by atoms with Gasteiger partial charge in [0.25, 0.3) is 5.60 Å². The average Bonchev–Trinajstić information content (AvgIpc) is 2.38. The van der Waals surface area contributed by atoms with Gasteiger partial charge in [-0.3, -0.25) is 4.79 Å². The van der Waals surface area contributed by atoms with Gasteiger partial charge < -0.3 is 20.4 Å². The summed E-state index contributed by atoms with van der Waals surface area (Å²) in [6, 6.07) is 7.94. The van der Waals surface area contributed by atoms with Crippen molar-refractivity contribution in [2.75, 3.05) is 0 Å². The van der Waals surface area contributed by atoms with Gasteiger partial charge in [-0.05, 0) is 12.1 Å². The Bertz CT molecular complexity index is 448. The molecule has 0 radical (unpaired) electrons. The number of benzene rings is 1. The molecule has 4 N–H and O–H groups in total. The third kappa shape index (κ3) is 4.82. The van der Waals surface area contributed by atoms with Gasteiger partial charge in [-0.25, -0.2) is 14.0 Å². The summed E-state index contributed by atoms with van der Waals surface area (Å²) in [5.74, 6) is -4.29. The highest BCUT2D eigenvalue weighted by molar-refractivity contribution is 6.01. The molecule has 0 aliphatic carbocycles. The maximum Gasteiger partial charge on any atom is 0.346 e. The number of carboxylic acid groups (broad SMARTS) is 2. The number of aliphatic hydroxyl groups excluding tert-OH is 1. The minimum absolute atomic E-state index is 0.178. The molecule has 0 spiro atoms. The van der Waals surface area contributed by atoms with Gasteiger partial charge in [-0.15, -0.1) is 0 Å². The summed E-state index contributed by atoms with van der Waals surface area (Å²) in [5, 5.41) is 33.5. The molecule has 0 saturated heterocycles. The Morgan fingerprint density at radius 1 is 1.21 bits per heavy atom. The van der Waals surface area contributed by atoms with E-state index in [1.807, 2.05) is 0 Å². The van der Waals surface area contributed by atoms with Crippen molar-refractivity contribution >= 4 is 18.2 Å². The van der Waals surface area contributed by atoms with Crippen molar-refractivity contribution in [3.8, 4) is 0 Å². The molecule has 0 amide bonds. The number of hydrogen-bond donors (Lipinski definition) is 4. The maximum absolute atomic E-state index is 11.9. The van der Waals surface area contributed by atoms with Crippen molar-refractivity contribution in [1.82, 2.24) is 0 Å². The van der Waals surface area contributed by atoms with E-state index in [0.29, 0.717) is 0 Å². The smallest absolute Gasteiger partial charge is 0.346 e. The molecule has 2 atom stereocenters. The quantitative estimate of drug-likeness (QED) is 0.420. The lowest BCUT2D eigenvalue weighted by Gasteiger charge is -2.18. The topological polar surface area (TPSA) is 132 Å². The van der Waals surface area contributed by atoms with Crippen LogP contribution in [0.3, 0.4) is 0 Å². The van der Waals surface area contributed by atoms with Crippen LogP contribution in [0.4, 0.5) is 4.39 Å². The summed E-state index contributed by atoms with van der Waals surface area (Å²) in [4.78, 5) is 30.0. The molecule has 7 nitrogen and oxygen atoms in total. The van der Waals surface area contributed by atoms with E-state index in [1.54, 1.807) is 18.2 Å². The number of carbonyl (C=O) groups excluding carboxylic acids is 1. The van der Waals surface area contributed by atoms with Crippen molar-refractivity contribution in [3.63, 3.8) is 0 Å².